The van der Waals surface area contributed by atoms with Crippen molar-refractivity contribution in [3.63, 3.8) is 0 Å². The number of rotatable bonds is 3. The van der Waals surface area contributed by atoms with Gasteiger partial charge in [-0.25, -0.2) is 0 Å². The van der Waals surface area contributed by atoms with Crippen molar-refractivity contribution in [2.24, 2.45) is 17.3 Å². The second kappa shape index (κ2) is 3.21. The van der Waals surface area contributed by atoms with Crippen LogP contribution in [0.2, 0.25) is 0 Å². The molecule has 0 aromatic heterocycles. The highest BCUT2D eigenvalue weighted by Gasteiger charge is 2.59. The zero-order chi connectivity index (χ0) is 11.3. The van der Waals surface area contributed by atoms with E-state index >= 15 is 0 Å². The van der Waals surface area contributed by atoms with E-state index in [2.05, 4.69) is 26.1 Å². The van der Waals surface area contributed by atoms with Crippen molar-refractivity contribution < 1.29 is 9.90 Å². The Hall–Kier alpha value is -0.570. The minimum atomic E-state index is -0.755. The highest BCUT2D eigenvalue weighted by atomic mass is 16.4. The topological polar surface area (TPSA) is 49.3 Å². The van der Waals surface area contributed by atoms with Crippen LogP contribution in [-0.2, 0) is 4.79 Å². The summed E-state index contributed by atoms with van der Waals surface area (Å²) >= 11 is 0. The Kier molecular flexibility index (Phi) is 2.34. The number of carboxylic acid groups (broad SMARTS) is 1. The molecule has 0 saturated heterocycles. The quantitative estimate of drug-likeness (QED) is 0.749. The Labute approximate surface area is 91.2 Å². The molecular formula is C12H21NO2. The van der Waals surface area contributed by atoms with Gasteiger partial charge in [0.1, 0.15) is 0 Å². The molecule has 0 radical (unpaired) electrons. The third-order valence-corrected chi connectivity index (χ3v) is 5.22. The van der Waals surface area contributed by atoms with Gasteiger partial charge in [-0.1, -0.05) is 13.8 Å². The summed E-state index contributed by atoms with van der Waals surface area (Å²) in [7, 11) is 0. The first kappa shape index (κ1) is 10.9. The fraction of sp³-hybridized carbons (Fsp3) is 0.917. The van der Waals surface area contributed by atoms with Crippen molar-refractivity contribution in [3.05, 3.63) is 0 Å². The van der Waals surface area contributed by atoms with Crippen molar-refractivity contribution in [1.82, 2.24) is 5.32 Å². The minimum Gasteiger partial charge on any atom is -0.480 e. The molecule has 0 aliphatic heterocycles. The van der Waals surface area contributed by atoms with Crippen LogP contribution in [0.4, 0.5) is 0 Å². The third-order valence-electron chi connectivity index (χ3n) is 5.22. The van der Waals surface area contributed by atoms with Gasteiger partial charge in [-0.3, -0.25) is 4.79 Å². The van der Waals surface area contributed by atoms with E-state index in [4.69, 9.17) is 5.11 Å². The van der Waals surface area contributed by atoms with Gasteiger partial charge in [-0.05, 0) is 43.4 Å². The monoisotopic (exact) mass is 211 g/mol. The molecule has 2 rings (SSSR count). The molecule has 0 heterocycles. The highest BCUT2D eigenvalue weighted by Crippen LogP contribution is 2.61. The van der Waals surface area contributed by atoms with E-state index in [1.807, 2.05) is 0 Å². The van der Waals surface area contributed by atoms with Gasteiger partial charge in [-0.15, -0.1) is 0 Å². The molecule has 2 bridgehead atoms. The zero-order valence-electron chi connectivity index (χ0n) is 9.84. The number of hydrogen-bond acceptors (Lipinski definition) is 2. The Morgan fingerprint density at radius 2 is 1.93 bits per heavy atom. The van der Waals surface area contributed by atoms with E-state index in [0.717, 1.165) is 5.92 Å². The number of carbonyl (C=O) groups is 1. The average Bonchev–Trinajstić information content (AvgIpc) is 2.67. The first-order valence-corrected chi connectivity index (χ1v) is 5.85. The summed E-state index contributed by atoms with van der Waals surface area (Å²) in [5, 5.41) is 12.0. The summed E-state index contributed by atoms with van der Waals surface area (Å²) in [5.74, 6) is 0.681. The maximum absolute atomic E-state index is 10.7. The second-order valence-electron chi connectivity index (χ2n) is 5.88. The van der Waals surface area contributed by atoms with Crippen LogP contribution < -0.4 is 5.32 Å². The lowest BCUT2D eigenvalue weighted by Gasteiger charge is -2.48. The highest BCUT2D eigenvalue weighted by molar-refractivity contribution is 5.69. The predicted octanol–water partition coefficient (Wildman–Crippen LogP) is 1.88. The Balaban J connectivity index is 2.15. The first-order chi connectivity index (χ1) is 6.88. The van der Waals surface area contributed by atoms with Crippen LogP contribution in [0, 0.1) is 17.3 Å². The van der Waals surface area contributed by atoms with Crippen molar-refractivity contribution in [1.29, 1.82) is 0 Å². The van der Waals surface area contributed by atoms with Gasteiger partial charge in [0.05, 0.1) is 6.54 Å². The summed E-state index contributed by atoms with van der Waals surface area (Å²) in [6, 6.07) is 0. The van der Waals surface area contributed by atoms with Crippen molar-refractivity contribution in [3.8, 4) is 0 Å². The van der Waals surface area contributed by atoms with Crippen molar-refractivity contribution in [2.75, 3.05) is 6.54 Å². The number of carboxylic acids is 1. The number of nitrogens with one attached hydrogen (secondary N) is 1. The van der Waals surface area contributed by atoms with E-state index < -0.39 is 5.97 Å². The van der Waals surface area contributed by atoms with Crippen LogP contribution in [0.15, 0.2) is 0 Å². The number of aliphatic carboxylic acids is 1. The van der Waals surface area contributed by atoms with Crippen LogP contribution in [-0.4, -0.2) is 23.2 Å². The minimum absolute atomic E-state index is 0.00824. The molecule has 0 spiro atoms. The molecular weight excluding hydrogens is 190 g/mol. The van der Waals surface area contributed by atoms with Crippen LogP contribution in [0.3, 0.4) is 0 Å². The van der Waals surface area contributed by atoms with Crippen LogP contribution in [0.25, 0.3) is 0 Å². The molecule has 0 amide bonds. The molecule has 3 nitrogen and oxygen atoms in total. The van der Waals surface area contributed by atoms with Gasteiger partial charge in [0.25, 0.3) is 0 Å². The fourth-order valence-corrected chi connectivity index (χ4v) is 3.74. The van der Waals surface area contributed by atoms with Gasteiger partial charge in [0.15, 0.2) is 0 Å². The number of fused-ring (bicyclic) bond motifs is 2. The summed E-state index contributed by atoms with van der Waals surface area (Å²) < 4.78 is 0. The first-order valence-electron chi connectivity index (χ1n) is 5.85. The van der Waals surface area contributed by atoms with E-state index in [0.29, 0.717) is 5.92 Å². The summed E-state index contributed by atoms with van der Waals surface area (Å²) in [6.45, 7) is 6.86. The molecule has 3 unspecified atom stereocenters. The molecule has 15 heavy (non-hydrogen) atoms. The Bertz CT molecular complexity index is 287. The number of hydrogen-bond donors (Lipinski definition) is 2. The Morgan fingerprint density at radius 3 is 2.40 bits per heavy atom. The van der Waals surface area contributed by atoms with Crippen LogP contribution in [0.5, 0.6) is 0 Å². The normalized spacial score (nSPS) is 42.1. The van der Waals surface area contributed by atoms with E-state index in [1.165, 1.54) is 19.3 Å². The van der Waals surface area contributed by atoms with Gasteiger partial charge in [-0.2, -0.15) is 0 Å². The lowest BCUT2D eigenvalue weighted by Crippen LogP contribution is -2.58. The van der Waals surface area contributed by atoms with Gasteiger partial charge in [0, 0.05) is 5.54 Å². The maximum atomic E-state index is 10.7. The lowest BCUT2D eigenvalue weighted by molar-refractivity contribution is -0.136. The Morgan fingerprint density at radius 1 is 1.33 bits per heavy atom. The van der Waals surface area contributed by atoms with E-state index in [-0.39, 0.29) is 17.5 Å². The molecule has 0 aromatic rings. The van der Waals surface area contributed by atoms with Crippen molar-refractivity contribution >= 4 is 5.97 Å². The molecule has 86 valence electrons. The standard InChI is InChI=1S/C12H21NO2/c1-11(2)8-4-5-9(6-8)12(11,3)13-7-10(14)15/h8-9,13H,4-7H2,1-3H3,(H,14,15). The SMILES string of the molecule is CC1(C)C2CCC(C2)C1(C)NCC(=O)O. The summed E-state index contributed by atoms with van der Waals surface area (Å²) in [5.41, 5.74) is 0.236. The average molecular weight is 211 g/mol. The molecule has 3 atom stereocenters. The predicted molar refractivity (Wildman–Crippen MR) is 58.7 cm³/mol. The summed E-state index contributed by atoms with van der Waals surface area (Å²) in [6.07, 6.45) is 3.86. The van der Waals surface area contributed by atoms with Gasteiger partial charge < -0.3 is 10.4 Å². The van der Waals surface area contributed by atoms with Crippen LogP contribution >= 0.6 is 0 Å². The molecule has 0 aromatic carbocycles. The molecule has 3 heteroatoms. The molecule has 2 saturated carbocycles. The van der Waals surface area contributed by atoms with Gasteiger partial charge in [0.2, 0.25) is 0 Å². The fourth-order valence-electron chi connectivity index (χ4n) is 3.74. The molecule has 2 fully saturated rings. The van der Waals surface area contributed by atoms with E-state index in [1.54, 1.807) is 0 Å². The largest absolute Gasteiger partial charge is 0.480 e. The maximum Gasteiger partial charge on any atom is 0.317 e. The lowest BCUT2D eigenvalue weighted by atomic mass is 9.64. The van der Waals surface area contributed by atoms with Crippen molar-refractivity contribution in [2.45, 2.75) is 45.6 Å². The zero-order valence-corrected chi connectivity index (χ0v) is 9.84. The van der Waals surface area contributed by atoms with E-state index in [9.17, 15) is 4.79 Å². The smallest absolute Gasteiger partial charge is 0.317 e. The van der Waals surface area contributed by atoms with Gasteiger partial charge >= 0.3 is 5.97 Å². The van der Waals surface area contributed by atoms with Crippen LogP contribution in [0.1, 0.15) is 40.0 Å². The molecule has 2 N–H and O–H groups in total. The third kappa shape index (κ3) is 1.40. The summed E-state index contributed by atoms with van der Waals surface area (Å²) in [4.78, 5) is 10.7. The molecule has 2 aliphatic carbocycles. The second-order valence-corrected chi connectivity index (χ2v) is 5.88. The molecule has 2 aliphatic rings.